The molecular weight excluding hydrogens is 272 g/mol. The smallest absolute Gasteiger partial charge is 0.224 e. The van der Waals surface area contributed by atoms with Crippen LogP contribution >= 0.6 is 0 Å². The molecule has 1 amide bonds. The number of rotatable bonds is 5. The van der Waals surface area contributed by atoms with Gasteiger partial charge in [-0.1, -0.05) is 50.2 Å². The largest absolute Gasteiger partial charge is 0.352 e. The number of benzene rings is 1. The number of aromatic nitrogens is 1. The standard InChI is InChI=1S/C19H24N2O/c1-14-10-11-16(13-20-14)12-18(22)21-15(2)19(3,4)17-8-6-5-7-9-17/h5-11,13,15H,12H2,1-4H3,(H,21,22). The highest BCUT2D eigenvalue weighted by atomic mass is 16.1. The van der Waals surface area contributed by atoms with Crippen molar-refractivity contribution in [1.29, 1.82) is 0 Å². The molecule has 0 saturated heterocycles. The van der Waals surface area contributed by atoms with Crippen LogP contribution in [-0.2, 0) is 16.6 Å². The Labute approximate surface area is 132 Å². The summed E-state index contributed by atoms with van der Waals surface area (Å²) in [5.41, 5.74) is 3.00. The summed E-state index contributed by atoms with van der Waals surface area (Å²) in [5.74, 6) is 0.0298. The first-order valence-corrected chi connectivity index (χ1v) is 7.66. The molecule has 1 aromatic heterocycles. The van der Waals surface area contributed by atoms with Crippen LogP contribution in [0.15, 0.2) is 48.7 Å². The molecule has 1 N–H and O–H groups in total. The highest BCUT2D eigenvalue weighted by molar-refractivity contribution is 5.78. The number of amides is 1. The van der Waals surface area contributed by atoms with Gasteiger partial charge in [0.2, 0.25) is 5.91 Å². The molecule has 2 rings (SSSR count). The van der Waals surface area contributed by atoms with Crippen molar-refractivity contribution in [3.63, 3.8) is 0 Å². The maximum Gasteiger partial charge on any atom is 0.224 e. The third kappa shape index (κ3) is 3.94. The molecule has 22 heavy (non-hydrogen) atoms. The fourth-order valence-electron chi connectivity index (χ4n) is 2.38. The molecule has 2 aromatic rings. The average molecular weight is 296 g/mol. The van der Waals surface area contributed by atoms with E-state index < -0.39 is 0 Å². The van der Waals surface area contributed by atoms with E-state index >= 15 is 0 Å². The molecule has 0 aliphatic rings. The summed E-state index contributed by atoms with van der Waals surface area (Å²) in [4.78, 5) is 16.5. The quantitative estimate of drug-likeness (QED) is 0.918. The van der Waals surface area contributed by atoms with Gasteiger partial charge in [0, 0.05) is 23.3 Å². The molecule has 0 fully saturated rings. The number of nitrogens with zero attached hydrogens (tertiary/aromatic N) is 1. The van der Waals surface area contributed by atoms with E-state index in [0.29, 0.717) is 6.42 Å². The summed E-state index contributed by atoms with van der Waals surface area (Å²) in [7, 11) is 0. The van der Waals surface area contributed by atoms with E-state index in [1.807, 2.05) is 37.3 Å². The number of carbonyl (C=O) groups excluding carboxylic acids is 1. The third-order valence-electron chi connectivity index (χ3n) is 4.32. The Morgan fingerprint density at radius 2 is 1.86 bits per heavy atom. The van der Waals surface area contributed by atoms with Gasteiger partial charge in [-0.15, -0.1) is 0 Å². The zero-order valence-corrected chi connectivity index (χ0v) is 13.8. The van der Waals surface area contributed by atoms with Crippen molar-refractivity contribution in [3.05, 3.63) is 65.5 Å². The van der Waals surface area contributed by atoms with Crippen molar-refractivity contribution < 1.29 is 4.79 Å². The minimum Gasteiger partial charge on any atom is -0.352 e. The zero-order valence-electron chi connectivity index (χ0n) is 13.8. The van der Waals surface area contributed by atoms with Crippen LogP contribution in [0.5, 0.6) is 0 Å². The average Bonchev–Trinajstić information content (AvgIpc) is 2.50. The Bertz CT molecular complexity index is 618. The SMILES string of the molecule is Cc1ccc(CC(=O)NC(C)C(C)(C)c2ccccc2)cn1. The minimum absolute atomic E-state index is 0.0298. The van der Waals surface area contributed by atoms with Gasteiger partial charge in [0.15, 0.2) is 0 Å². The normalized spacial score (nSPS) is 12.7. The first-order valence-electron chi connectivity index (χ1n) is 7.66. The molecule has 0 spiro atoms. The molecule has 0 aliphatic heterocycles. The van der Waals surface area contributed by atoms with E-state index in [1.165, 1.54) is 5.56 Å². The van der Waals surface area contributed by atoms with Crippen LogP contribution in [0.25, 0.3) is 0 Å². The van der Waals surface area contributed by atoms with E-state index in [4.69, 9.17) is 0 Å². The molecule has 3 heteroatoms. The number of carbonyl (C=O) groups is 1. The molecule has 1 heterocycles. The fraction of sp³-hybridized carbons (Fsp3) is 0.368. The lowest BCUT2D eigenvalue weighted by atomic mass is 9.78. The lowest BCUT2D eigenvalue weighted by Gasteiger charge is -2.33. The Kier molecular flexibility index (Phi) is 4.96. The molecule has 1 unspecified atom stereocenters. The Morgan fingerprint density at radius 1 is 1.18 bits per heavy atom. The van der Waals surface area contributed by atoms with E-state index in [2.05, 4.69) is 43.2 Å². The van der Waals surface area contributed by atoms with Crippen molar-refractivity contribution in [2.45, 2.75) is 45.6 Å². The predicted octanol–water partition coefficient (Wildman–Crippen LogP) is 3.42. The molecule has 0 bridgehead atoms. The summed E-state index contributed by atoms with van der Waals surface area (Å²) in [5, 5.41) is 3.12. The summed E-state index contributed by atoms with van der Waals surface area (Å²) in [6.07, 6.45) is 2.13. The van der Waals surface area contributed by atoms with Crippen LogP contribution < -0.4 is 5.32 Å². The molecule has 0 radical (unpaired) electrons. The van der Waals surface area contributed by atoms with Crippen molar-refractivity contribution in [3.8, 4) is 0 Å². The van der Waals surface area contributed by atoms with Crippen LogP contribution in [0.4, 0.5) is 0 Å². The van der Waals surface area contributed by atoms with Crippen LogP contribution in [0.2, 0.25) is 0 Å². The van der Waals surface area contributed by atoms with Gasteiger partial charge in [0.05, 0.1) is 6.42 Å². The molecule has 1 aromatic carbocycles. The van der Waals surface area contributed by atoms with Gasteiger partial charge in [0.25, 0.3) is 0 Å². The van der Waals surface area contributed by atoms with Gasteiger partial charge in [-0.25, -0.2) is 0 Å². The summed E-state index contributed by atoms with van der Waals surface area (Å²) in [6.45, 7) is 8.30. The highest BCUT2D eigenvalue weighted by Crippen LogP contribution is 2.26. The van der Waals surface area contributed by atoms with Crippen molar-refractivity contribution in [1.82, 2.24) is 10.3 Å². The monoisotopic (exact) mass is 296 g/mol. The van der Waals surface area contributed by atoms with Gasteiger partial charge in [-0.3, -0.25) is 9.78 Å². The lowest BCUT2D eigenvalue weighted by Crippen LogP contribution is -2.46. The van der Waals surface area contributed by atoms with Crippen molar-refractivity contribution in [2.24, 2.45) is 0 Å². The minimum atomic E-state index is -0.123. The topological polar surface area (TPSA) is 42.0 Å². The van der Waals surface area contributed by atoms with Crippen molar-refractivity contribution >= 4 is 5.91 Å². The molecule has 1 atom stereocenters. The van der Waals surface area contributed by atoms with E-state index in [9.17, 15) is 4.79 Å². The third-order valence-corrected chi connectivity index (χ3v) is 4.32. The molecule has 0 aliphatic carbocycles. The Hall–Kier alpha value is -2.16. The van der Waals surface area contributed by atoms with Crippen LogP contribution in [0.3, 0.4) is 0 Å². The van der Waals surface area contributed by atoms with E-state index in [1.54, 1.807) is 6.20 Å². The first-order chi connectivity index (χ1) is 10.4. The van der Waals surface area contributed by atoms with Gasteiger partial charge >= 0.3 is 0 Å². The first kappa shape index (κ1) is 16.2. The van der Waals surface area contributed by atoms with Gasteiger partial charge in [-0.05, 0) is 31.0 Å². The van der Waals surface area contributed by atoms with Crippen LogP contribution in [0, 0.1) is 6.92 Å². The Balaban J connectivity index is 2.00. The van der Waals surface area contributed by atoms with Crippen LogP contribution in [0.1, 0.15) is 37.6 Å². The van der Waals surface area contributed by atoms with Gasteiger partial charge < -0.3 is 5.32 Å². The van der Waals surface area contributed by atoms with Crippen LogP contribution in [-0.4, -0.2) is 16.9 Å². The fourth-order valence-corrected chi connectivity index (χ4v) is 2.38. The molecular formula is C19H24N2O. The lowest BCUT2D eigenvalue weighted by molar-refractivity contribution is -0.121. The van der Waals surface area contributed by atoms with Crippen molar-refractivity contribution in [2.75, 3.05) is 0 Å². The second-order valence-electron chi connectivity index (χ2n) is 6.36. The zero-order chi connectivity index (χ0) is 16.2. The second-order valence-corrected chi connectivity index (χ2v) is 6.36. The number of nitrogens with one attached hydrogen (secondary N) is 1. The second kappa shape index (κ2) is 6.73. The van der Waals surface area contributed by atoms with E-state index in [0.717, 1.165) is 11.3 Å². The maximum atomic E-state index is 12.2. The maximum absolute atomic E-state index is 12.2. The molecule has 3 nitrogen and oxygen atoms in total. The van der Waals surface area contributed by atoms with Gasteiger partial charge in [-0.2, -0.15) is 0 Å². The number of aryl methyl sites for hydroxylation is 1. The number of hydrogen-bond donors (Lipinski definition) is 1. The summed E-state index contributed by atoms with van der Waals surface area (Å²) < 4.78 is 0. The Morgan fingerprint density at radius 3 is 2.45 bits per heavy atom. The number of pyridine rings is 1. The van der Waals surface area contributed by atoms with Gasteiger partial charge in [0.1, 0.15) is 0 Å². The molecule has 116 valence electrons. The number of hydrogen-bond acceptors (Lipinski definition) is 2. The predicted molar refractivity (Wildman–Crippen MR) is 89.8 cm³/mol. The van der Waals surface area contributed by atoms with E-state index in [-0.39, 0.29) is 17.4 Å². The summed E-state index contributed by atoms with van der Waals surface area (Å²) in [6, 6.07) is 14.2. The molecule has 0 saturated carbocycles. The highest BCUT2D eigenvalue weighted by Gasteiger charge is 2.28. The summed E-state index contributed by atoms with van der Waals surface area (Å²) >= 11 is 0.